The number of likely N-dealkylation sites (N-methyl/N-ethyl adjacent to an activating group) is 1. The first-order valence-electron chi connectivity index (χ1n) is 8.98. The summed E-state index contributed by atoms with van der Waals surface area (Å²) in [7, 11) is 3.08. The minimum Gasteiger partial charge on any atom is -0.497 e. The second-order valence-electron chi connectivity index (χ2n) is 6.29. The Morgan fingerprint density at radius 3 is 2.57 bits per heavy atom. The van der Waals surface area contributed by atoms with E-state index >= 15 is 0 Å². The SMILES string of the molecule is CCC(C(=O)NC)N(Cc1cccc(OC)c1)C(=O)Cc1c(F)cccc1Cl. The van der Waals surface area contributed by atoms with Crippen molar-refractivity contribution in [2.24, 2.45) is 0 Å². The maximum absolute atomic E-state index is 14.2. The third-order valence-corrected chi connectivity index (χ3v) is 4.86. The van der Waals surface area contributed by atoms with Crippen LogP contribution in [0, 0.1) is 5.82 Å². The maximum atomic E-state index is 14.2. The van der Waals surface area contributed by atoms with Gasteiger partial charge in [-0.05, 0) is 36.2 Å². The molecule has 0 radical (unpaired) electrons. The molecule has 0 aromatic heterocycles. The van der Waals surface area contributed by atoms with Gasteiger partial charge in [-0.3, -0.25) is 9.59 Å². The summed E-state index contributed by atoms with van der Waals surface area (Å²) in [4.78, 5) is 26.9. The van der Waals surface area contributed by atoms with Crippen LogP contribution >= 0.6 is 11.6 Å². The number of carbonyl (C=O) groups excluding carboxylic acids is 2. The Hall–Kier alpha value is -2.60. The quantitative estimate of drug-likeness (QED) is 0.728. The summed E-state index contributed by atoms with van der Waals surface area (Å²) in [6.45, 7) is 2.01. The number of hydrogen-bond acceptors (Lipinski definition) is 3. The molecule has 0 spiro atoms. The van der Waals surface area contributed by atoms with Crippen LogP contribution in [0.25, 0.3) is 0 Å². The molecule has 0 aliphatic carbocycles. The molecule has 0 heterocycles. The fraction of sp³-hybridized carbons (Fsp3) is 0.333. The Labute approximate surface area is 169 Å². The van der Waals surface area contributed by atoms with Gasteiger partial charge >= 0.3 is 0 Å². The molecule has 5 nitrogen and oxygen atoms in total. The normalized spacial score (nSPS) is 11.6. The minimum atomic E-state index is -0.686. The molecule has 0 aliphatic rings. The van der Waals surface area contributed by atoms with Crippen molar-refractivity contribution < 1.29 is 18.7 Å². The first-order chi connectivity index (χ1) is 13.4. The van der Waals surface area contributed by atoms with Crippen molar-refractivity contribution in [1.29, 1.82) is 0 Å². The molecule has 2 rings (SSSR count). The first-order valence-corrected chi connectivity index (χ1v) is 9.35. The second kappa shape index (κ2) is 10.1. The highest BCUT2D eigenvalue weighted by Crippen LogP contribution is 2.22. The molecule has 0 fully saturated rings. The molecule has 28 heavy (non-hydrogen) atoms. The Balaban J connectivity index is 2.36. The predicted octanol–water partition coefficient (Wildman–Crippen LogP) is 3.58. The monoisotopic (exact) mass is 406 g/mol. The van der Waals surface area contributed by atoms with Crippen molar-refractivity contribution in [2.45, 2.75) is 32.4 Å². The molecule has 0 saturated carbocycles. The lowest BCUT2D eigenvalue weighted by molar-refractivity contribution is -0.140. The van der Waals surface area contributed by atoms with E-state index in [1.807, 2.05) is 19.1 Å². The fourth-order valence-electron chi connectivity index (χ4n) is 3.01. The highest BCUT2D eigenvalue weighted by atomic mass is 35.5. The van der Waals surface area contributed by atoms with E-state index in [4.69, 9.17) is 16.3 Å². The van der Waals surface area contributed by atoms with Gasteiger partial charge in [0, 0.05) is 24.2 Å². The predicted molar refractivity (Wildman–Crippen MR) is 107 cm³/mol. The first kappa shape index (κ1) is 21.7. The van der Waals surface area contributed by atoms with Crippen LogP contribution in [0.1, 0.15) is 24.5 Å². The van der Waals surface area contributed by atoms with E-state index in [0.717, 1.165) is 5.56 Å². The van der Waals surface area contributed by atoms with Crippen LogP contribution in [0.4, 0.5) is 4.39 Å². The highest BCUT2D eigenvalue weighted by molar-refractivity contribution is 6.31. The maximum Gasteiger partial charge on any atom is 0.242 e. The van der Waals surface area contributed by atoms with Crippen LogP contribution in [-0.4, -0.2) is 36.9 Å². The van der Waals surface area contributed by atoms with Gasteiger partial charge in [0.1, 0.15) is 17.6 Å². The van der Waals surface area contributed by atoms with Crippen molar-refractivity contribution in [3.63, 3.8) is 0 Å². The van der Waals surface area contributed by atoms with E-state index in [-0.39, 0.29) is 35.4 Å². The number of nitrogens with zero attached hydrogens (tertiary/aromatic N) is 1. The van der Waals surface area contributed by atoms with Crippen LogP contribution < -0.4 is 10.1 Å². The number of hydrogen-bond donors (Lipinski definition) is 1. The van der Waals surface area contributed by atoms with Gasteiger partial charge in [0.15, 0.2) is 0 Å². The molecule has 1 unspecified atom stereocenters. The van der Waals surface area contributed by atoms with Gasteiger partial charge in [0.05, 0.1) is 13.5 Å². The summed E-state index contributed by atoms with van der Waals surface area (Å²) in [5.41, 5.74) is 0.922. The fourth-order valence-corrected chi connectivity index (χ4v) is 3.24. The highest BCUT2D eigenvalue weighted by Gasteiger charge is 2.29. The van der Waals surface area contributed by atoms with E-state index < -0.39 is 11.9 Å². The summed E-state index contributed by atoms with van der Waals surface area (Å²) in [5, 5.41) is 2.77. The third kappa shape index (κ3) is 5.23. The molecule has 2 aromatic carbocycles. The van der Waals surface area contributed by atoms with Gasteiger partial charge in [-0.2, -0.15) is 0 Å². The molecule has 0 aliphatic heterocycles. The van der Waals surface area contributed by atoms with Crippen LogP contribution in [-0.2, 0) is 22.6 Å². The lowest BCUT2D eigenvalue weighted by Gasteiger charge is -2.30. The summed E-state index contributed by atoms with van der Waals surface area (Å²) in [6, 6.07) is 10.8. The Kier molecular flexibility index (Phi) is 7.81. The number of carbonyl (C=O) groups is 2. The van der Waals surface area contributed by atoms with E-state index in [2.05, 4.69) is 5.32 Å². The largest absolute Gasteiger partial charge is 0.497 e. The Morgan fingerprint density at radius 1 is 1.25 bits per heavy atom. The van der Waals surface area contributed by atoms with Gasteiger partial charge in [-0.25, -0.2) is 4.39 Å². The number of nitrogens with one attached hydrogen (secondary N) is 1. The zero-order valence-electron chi connectivity index (χ0n) is 16.2. The number of methoxy groups -OCH3 is 1. The number of halogens is 2. The molecule has 0 saturated heterocycles. The van der Waals surface area contributed by atoms with E-state index in [1.54, 1.807) is 19.2 Å². The summed E-state index contributed by atoms with van der Waals surface area (Å²) < 4.78 is 19.4. The van der Waals surface area contributed by atoms with Gasteiger partial charge in [0.25, 0.3) is 0 Å². The molecular formula is C21H24ClFN2O3. The summed E-state index contributed by atoms with van der Waals surface area (Å²) >= 11 is 6.07. The third-order valence-electron chi connectivity index (χ3n) is 4.51. The lowest BCUT2D eigenvalue weighted by atomic mass is 10.1. The lowest BCUT2D eigenvalue weighted by Crippen LogP contribution is -2.48. The number of ether oxygens (including phenoxy) is 1. The molecule has 7 heteroatoms. The molecule has 1 N–H and O–H groups in total. The Bertz CT molecular complexity index is 824. The molecule has 1 atom stereocenters. The second-order valence-corrected chi connectivity index (χ2v) is 6.70. The molecule has 2 aromatic rings. The van der Waals surface area contributed by atoms with E-state index in [9.17, 15) is 14.0 Å². The molecular weight excluding hydrogens is 383 g/mol. The molecule has 0 bridgehead atoms. The van der Waals surface area contributed by atoms with Crippen molar-refractivity contribution in [3.05, 3.63) is 64.4 Å². The van der Waals surface area contributed by atoms with Crippen molar-refractivity contribution in [3.8, 4) is 5.75 Å². The topological polar surface area (TPSA) is 58.6 Å². The summed E-state index contributed by atoms with van der Waals surface area (Å²) in [5.74, 6) is -0.561. The average Bonchev–Trinajstić information content (AvgIpc) is 2.70. The smallest absolute Gasteiger partial charge is 0.242 e. The van der Waals surface area contributed by atoms with E-state index in [1.165, 1.54) is 30.1 Å². The minimum absolute atomic E-state index is 0.122. The van der Waals surface area contributed by atoms with Gasteiger partial charge < -0.3 is 15.0 Å². The number of amides is 2. The standard InChI is InChI=1S/C21H24ClFN2O3/c1-4-19(21(27)24-2)25(13-14-7-5-8-15(11-14)28-3)20(26)12-16-17(22)9-6-10-18(16)23/h5-11,19H,4,12-13H2,1-3H3,(H,24,27). The van der Waals surface area contributed by atoms with Crippen LogP contribution in [0.2, 0.25) is 5.02 Å². The van der Waals surface area contributed by atoms with Crippen molar-refractivity contribution in [2.75, 3.05) is 14.2 Å². The Morgan fingerprint density at radius 2 is 1.96 bits per heavy atom. The van der Waals surface area contributed by atoms with Gasteiger partial charge in [0.2, 0.25) is 11.8 Å². The zero-order valence-corrected chi connectivity index (χ0v) is 16.9. The van der Waals surface area contributed by atoms with Crippen LogP contribution in [0.3, 0.4) is 0 Å². The van der Waals surface area contributed by atoms with Crippen LogP contribution in [0.15, 0.2) is 42.5 Å². The number of benzene rings is 2. The van der Waals surface area contributed by atoms with Gasteiger partial charge in [-0.1, -0.05) is 36.7 Å². The van der Waals surface area contributed by atoms with Crippen molar-refractivity contribution in [1.82, 2.24) is 10.2 Å². The summed E-state index contributed by atoms with van der Waals surface area (Å²) in [6.07, 6.45) is 0.184. The van der Waals surface area contributed by atoms with Crippen molar-refractivity contribution >= 4 is 23.4 Å². The average molecular weight is 407 g/mol. The molecule has 150 valence electrons. The van der Waals surface area contributed by atoms with E-state index in [0.29, 0.717) is 12.2 Å². The van der Waals surface area contributed by atoms with Gasteiger partial charge in [-0.15, -0.1) is 0 Å². The zero-order chi connectivity index (χ0) is 20.7. The van der Waals surface area contributed by atoms with Crippen LogP contribution in [0.5, 0.6) is 5.75 Å². The molecule has 2 amide bonds. The number of rotatable bonds is 8.